The van der Waals surface area contributed by atoms with Crippen molar-refractivity contribution in [3.05, 3.63) is 28.2 Å². The quantitative estimate of drug-likeness (QED) is 0.206. The Balaban J connectivity index is 3.09. The summed E-state index contributed by atoms with van der Waals surface area (Å²) in [6.45, 7) is 0. The number of nitrogens with one attached hydrogen (secondary N) is 1. The van der Waals surface area contributed by atoms with Crippen LogP contribution in [0.2, 0.25) is 0 Å². The van der Waals surface area contributed by atoms with Crippen LogP contribution in [0, 0.1) is 0 Å². The fourth-order valence-corrected chi connectivity index (χ4v) is 0.538. The monoisotopic (exact) mass is 154 g/mol. The van der Waals surface area contributed by atoms with E-state index in [0.717, 1.165) is 0 Å². The Bertz CT molecular complexity index is 309. The molecule has 0 aromatic carbocycles. The molecule has 0 aliphatic carbocycles. The van der Waals surface area contributed by atoms with Gasteiger partial charge in [0, 0.05) is 6.07 Å². The lowest BCUT2D eigenvalue weighted by Crippen LogP contribution is -2.18. The van der Waals surface area contributed by atoms with E-state index in [-0.39, 0.29) is 17.1 Å². The van der Waals surface area contributed by atoms with E-state index in [1.165, 1.54) is 12.1 Å². The number of hydrogen-bond donors (Lipinski definition) is 3. The maximum atomic E-state index is 10.5. The van der Waals surface area contributed by atoms with Crippen LogP contribution in [0.25, 0.3) is 0 Å². The zero-order valence-corrected chi connectivity index (χ0v) is 5.48. The highest BCUT2D eigenvalue weighted by molar-refractivity contribution is 5.94. The Morgan fingerprint density at radius 3 is 2.91 bits per heavy atom. The number of H-pyrrole nitrogens is 1. The molecule has 0 spiro atoms. The number of aromatic nitrogens is 2. The van der Waals surface area contributed by atoms with Gasteiger partial charge in [0.15, 0.2) is 5.84 Å². The maximum Gasteiger partial charge on any atom is 0.264 e. The van der Waals surface area contributed by atoms with Crippen molar-refractivity contribution < 1.29 is 5.21 Å². The summed E-state index contributed by atoms with van der Waals surface area (Å²) >= 11 is 0. The highest BCUT2D eigenvalue weighted by Gasteiger charge is 1.98. The van der Waals surface area contributed by atoms with Gasteiger partial charge in [0.25, 0.3) is 5.56 Å². The number of rotatable bonds is 1. The molecule has 6 nitrogen and oxygen atoms in total. The van der Waals surface area contributed by atoms with Gasteiger partial charge in [-0.15, -0.1) is 0 Å². The van der Waals surface area contributed by atoms with Crippen molar-refractivity contribution in [2.45, 2.75) is 0 Å². The van der Waals surface area contributed by atoms with Gasteiger partial charge < -0.3 is 10.9 Å². The summed E-state index contributed by atoms with van der Waals surface area (Å²) in [6, 6.07) is 2.59. The molecule has 4 N–H and O–H groups in total. The number of hydrogen-bond acceptors (Lipinski definition) is 4. The van der Waals surface area contributed by atoms with Gasteiger partial charge >= 0.3 is 0 Å². The Morgan fingerprint density at radius 2 is 2.45 bits per heavy atom. The fourth-order valence-electron chi connectivity index (χ4n) is 0.538. The van der Waals surface area contributed by atoms with Gasteiger partial charge in [-0.3, -0.25) is 4.79 Å². The third kappa shape index (κ3) is 1.54. The van der Waals surface area contributed by atoms with Gasteiger partial charge in [0.2, 0.25) is 0 Å². The summed E-state index contributed by atoms with van der Waals surface area (Å²) in [4.78, 5) is 10.5. The van der Waals surface area contributed by atoms with Gasteiger partial charge in [0.05, 0.1) is 0 Å². The van der Waals surface area contributed by atoms with Crippen LogP contribution in [0.5, 0.6) is 0 Å². The lowest BCUT2D eigenvalue weighted by atomic mass is 10.4. The van der Waals surface area contributed by atoms with Crippen LogP contribution in [0.3, 0.4) is 0 Å². The molecule has 0 unspecified atom stereocenters. The first-order valence-corrected chi connectivity index (χ1v) is 2.77. The molecule has 6 heteroatoms. The van der Waals surface area contributed by atoms with E-state index in [4.69, 9.17) is 10.9 Å². The Labute approximate surface area is 61.3 Å². The fraction of sp³-hybridized carbons (Fsp3) is 0. The van der Waals surface area contributed by atoms with E-state index in [9.17, 15) is 4.79 Å². The van der Waals surface area contributed by atoms with Gasteiger partial charge in [-0.2, -0.15) is 5.10 Å². The number of nitrogens with two attached hydrogens (primary N) is 1. The molecule has 0 radical (unpaired) electrons. The van der Waals surface area contributed by atoms with E-state index in [1.54, 1.807) is 0 Å². The second-order valence-electron chi connectivity index (χ2n) is 1.79. The normalized spacial score (nSPS) is 11.5. The van der Waals surface area contributed by atoms with Crippen LogP contribution >= 0.6 is 0 Å². The topological polar surface area (TPSA) is 104 Å². The molecule has 0 saturated carbocycles. The smallest absolute Gasteiger partial charge is 0.264 e. The highest BCUT2D eigenvalue weighted by Crippen LogP contribution is 1.85. The third-order valence-corrected chi connectivity index (χ3v) is 1.05. The second-order valence-corrected chi connectivity index (χ2v) is 1.79. The van der Waals surface area contributed by atoms with Crippen molar-refractivity contribution in [2.24, 2.45) is 10.9 Å². The molecule has 0 aliphatic rings. The van der Waals surface area contributed by atoms with Crippen LogP contribution in [0.1, 0.15) is 5.69 Å². The van der Waals surface area contributed by atoms with Gasteiger partial charge in [-0.05, 0) is 6.07 Å². The largest absolute Gasteiger partial charge is 0.409 e. The van der Waals surface area contributed by atoms with E-state index >= 15 is 0 Å². The van der Waals surface area contributed by atoms with Crippen molar-refractivity contribution in [2.75, 3.05) is 0 Å². The van der Waals surface area contributed by atoms with E-state index in [2.05, 4.69) is 15.4 Å². The van der Waals surface area contributed by atoms with E-state index in [1.807, 2.05) is 0 Å². The minimum absolute atomic E-state index is 0.138. The van der Waals surface area contributed by atoms with Crippen molar-refractivity contribution in [1.82, 2.24) is 10.2 Å². The first-order valence-electron chi connectivity index (χ1n) is 2.77. The van der Waals surface area contributed by atoms with Crippen molar-refractivity contribution >= 4 is 5.84 Å². The summed E-state index contributed by atoms with van der Waals surface area (Å²) in [7, 11) is 0. The van der Waals surface area contributed by atoms with Crippen LogP contribution < -0.4 is 11.3 Å². The van der Waals surface area contributed by atoms with Gasteiger partial charge in [-0.25, -0.2) is 5.10 Å². The molecule has 58 valence electrons. The average Bonchev–Trinajstić information content (AvgIpc) is 2.05. The summed E-state index contributed by atoms with van der Waals surface area (Å²) in [5.74, 6) is -0.138. The Morgan fingerprint density at radius 1 is 1.73 bits per heavy atom. The highest BCUT2D eigenvalue weighted by atomic mass is 16.4. The minimum atomic E-state index is -0.334. The molecule has 1 aromatic rings. The van der Waals surface area contributed by atoms with Crippen molar-refractivity contribution in [3.8, 4) is 0 Å². The van der Waals surface area contributed by atoms with Crippen molar-refractivity contribution in [3.63, 3.8) is 0 Å². The standard InChI is InChI=1S/C5H6N4O2/c6-5(9-11)3-1-2-4(10)8-7-3/h1-2,11H,(H2,6,9)(H,8,10). The predicted octanol–water partition coefficient (Wildman–Crippen LogP) is -1.14. The van der Waals surface area contributed by atoms with Crippen molar-refractivity contribution in [1.29, 1.82) is 0 Å². The number of amidine groups is 1. The first-order chi connectivity index (χ1) is 5.24. The summed E-state index contributed by atoms with van der Waals surface area (Å²) < 4.78 is 0. The zero-order chi connectivity index (χ0) is 8.27. The predicted molar refractivity (Wildman–Crippen MR) is 37.4 cm³/mol. The molecule has 0 amide bonds. The first kappa shape index (κ1) is 7.26. The molecule has 0 saturated heterocycles. The Hall–Kier alpha value is -1.85. The molecule has 11 heavy (non-hydrogen) atoms. The third-order valence-electron chi connectivity index (χ3n) is 1.05. The average molecular weight is 154 g/mol. The van der Waals surface area contributed by atoms with Crippen LogP contribution in [-0.4, -0.2) is 21.2 Å². The van der Waals surface area contributed by atoms with E-state index < -0.39 is 0 Å². The molecular weight excluding hydrogens is 148 g/mol. The molecule has 1 rings (SSSR count). The SMILES string of the molecule is N/C(=N\O)c1ccc(=O)[nH]n1. The molecule has 0 aliphatic heterocycles. The van der Waals surface area contributed by atoms with Crippen LogP contribution in [0.15, 0.2) is 22.1 Å². The molecule has 0 bridgehead atoms. The van der Waals surface area contributed by atoms with Gasteiger partial charge in [0.1, 0.15) is 5.69 Å². The van der Waals surface area contributed by atoms with Crippen LogP contribution in [0.4, 0.5) is 0 Å². The lowest BCUT2D eigenvalue weighted by molar-refractivity contribution is 0.318. The number of oxime groups is 1. The second kappa shape index (κ2) is 2.82. The zero-order valence-electron chi connectivity index (χ0n) is 5.48. The minimum Gasteiger partial charge on any atom is -0.409 e. The summed E-state index contributed by atoms with van der Waals surface area (Å²) in [6.07, 6.45) is 0. The molecule has 1 aromatic heterocycles. The van der Waals surface area contributed by atoms with Crippen LogP contribution in [-0.2, 0) is 0 Å². The number of aromatic amines is 1. The summed E-state index contributed by atoms with van der Waals surface area (Å²) in [5.41, 5.74) is 5.05. The molecule has 0 fully saturated rings. The molecule has 0 atom stereocenters. The van der Waals surface area contributed by atoms with E-state index in [0.29, 0.717) is 0 Å². The molecule has 1 heterocycles. The summed E-state index contributed by atoms with van der Waals surface area (Å²) in [5, 5.41) is 16.5. The maximum absolute atomic E-state index is 10.5. The molecular formula is C5H6N4O2. The Kier molecular flexibility index (Phi) is 1.86. The lowest BCUT2D eigenvalue weighted by Gasteiger charge is -1.92. The van der Waals surface area contributed by atoms with Gasteiger partial charge in [-0.1, -0.05) is 5.16 Å². The number of nitrogens with zero attached hydrogens (tertiary/aromatic N) is 2.